The van der Waals surface area contributed by atoms with Gasteiger partial charge >= 0.3 is 23.9 Å². The number of hydrogen-bond donors (Lipinski definition) is 2. The van der Waals surface area contributed by atoms with Gasteiger partial charge in [0.1, 0.15) is 17.8 Å². The molecular formula is C39H54O11. The molecule has 0 amide bonds. The third-order valence-electron chi connectivity index (χ3n) is 12.9. The number of hydrogen-bond acceptors (Lipinski definition) is 11. The van der Waals surface area contributed by atoms with Crippen LogP contribution < -0.4 is 0 Å². The summed E-state index contributed by atoms with van der Waals surface area (Å²) in [6, 6.07) is 1.90. The highest BCUT2D eigenvalue weighted by atomic mass is 16.6. The highest BCUT2D eigenvalue weighted by Gasteiger charge is 2.71. The summed E-state index contributed by atoms with van der Waals surface area (Å²) in [6.45, 7) is 15.9. The standard InChI is InChI=1S/C39H54O11/c1-10-22(4)33(47-23(5)41)35(45)49-29-18-28-36(6)15-13-31(42)50-37(7,20-40)27(36)17-30(48-34(44)32(43)21(2)3)39(28,9)26-12-11-25(38(26,29)8)24-14-16-46-19-24/h12-16,19,21-22,25,27-30,32-33,40,43H,10-11,17-18,20H2,1-9H3. The first-order chi connectivity index (χ1) is 23.4. The molecule has 11 heteroatoms. The van der Waals surface area contributed by atoms with Gasteiger partial charge in [0.05, 0.1) is 19.1 Å². The number of aliphatic hydroxyl groups excluding tert-OH is 2. The van der Waals surface area contributed by atoms with Crippen LogP contribution >= 0.6 is 0 Å². The second-order valence-corrected chi connectivity index (χ2v) is 16.2. The van der Waals surface area contributed by atoms with Gasteiger partial charge in [0, 0.05) is 41.6 Å². The van der Waals surface area contributed by atoms with E-state index in [1.807, 2.05) is 32.9 Å². The summed E-state index contributed by atoms with van der Waals surface area (Å²) in [6.07, 6.45) is 6.35. The van der Waals surface area contributed by atoms with Crippen molar-refractivity contribution >= 4 is 23.9 Å². The van der Waals surface area contributed by atoms with Crippen molar-refractivity contribution in [3.8, 4) is 0 Å². The van der Waals surface area contributed by atoms with Crippen LogP contribution in [-0.2, 0) is 38.1 Å². The molecule has 2 fully saturated rings. The predicted molar refractivity (Wildman–Crippen MR) is 181 cm³/mol. The lowest BCUT2D eigenvalue weighted by Gasteiger charge is -2.66. The van der Waals surface area contributed by atoms with Crippen molar-refractivity contribution in [2.75, 3.05) is 6.61 Å². The molecule has 50 heavy (non-hydrogen) atoms. The van der Waals surface area contributed by atoms with E-state index in [1.165, 1.54) is 13.0 Å². The van der Waals surface area contributed by atoms with Crippen LogP contribution in [0.3, 0.4) is 0 Å². The highest BCUT2D eigenvalue weighted by molar-refractivity contribution is 5.83. The lowest BCUT2D eigenvalue weighted by molar-refractivity contribution is -0.225. The maximum Gasteiger partial charge on any atom is 0.348 e. The SMILES string of the molecule is CCC(C)C(OC(C)=O)C(=O)OC1CC2C3(C)C=CC(=O)OC(C)(CO)C3CC(OC(=O)C(O)C(C)C)C2(C)C2=CCC(c3ccoc3)C21C. The Morgan fingerprint density at radius 3 is 2.22 bits per heavy atom. The zero-order chi connectivity index (χ0) is 37.0. The smallest absolute Gasteiger partial charge is 0.348 e. The van der Waals surface area contributed by atoms with Gasteiger partial charge in [-0.05, 0) is 61.5 Å². The van der Waals surface area contributed by atoms with Gasteiger partial charge in [-0.25, -0.2) is 14.4 Å². The Morgan fingerprint density at radius 2 is 1.64 bits per heavy atom. The van der Waals surface area contributed by atoms with Gasteiger partial charge in [0.25, 0.3) is 0 Å². The van der Waals surface area contributed by atoms with Crippen LogP contribution in [0.15, 0.2) is 46.8 Å². The second-order valence-electron chi connectivity index (χ2n) is 16.2. The molecule has 1 aliphatic heterocycles. The first kappa shape index (κ1) is 37.8. The summed E-state index contributed by atoms with van der Waals surface area (Å²) in [5.74, 6) is -4.40. The Balaban J connectivity index is 1.71. The molecule has 1 aromatic heterocycles. The number of ether oxygens (including phenoxy) is 4. The van der Waals surface area contributed by atoms with Gasteiger partial charge in [-0.2, -0.15) is 0 Å². The molecule has 12 atom stereocenters. The van der Waals surface area contributed by atoms with Crippen molar-refractivity contribution in [2.45, 2.75) is 124 Å². The molecule has 3 aliphatic carbocycles. The Labute approximate surface area is 294 Å². The lowest BCUT2D eigenvalue weighted by atomic mass is 9.40. The minimum atomic E-state index is -1.36. The van der Waals surface area contributed by atoms with Crippen molar-refractivity contribution in [2.24, 2.45) is 39.9 Å². The maximum atomic E-state index is 14.1. The summed E-state index contributed by atoms with van der Waals surface area (Å²) in [5, 5.41) is 21.6. The number of carbonyl (C=O) groups is 4. The molecule has 0 radical (unpaired) electrons. The topological polar surface area (TPSA) is 159 Å². The fraction of sp³-hybridized carbons (Fsp3) is 0.692. The van der Waals surface area contributed by atoms with E-state index in [4.69, 9.17) is 23.4 Å². The molecule has 0 bridgehead atoms. The van der Waals surface area contributed by atoms with Crippen LogP contribution in [0.1, 0.15) is 99.5 Å². The number of fused-ring (bicyclic) bond motifs is 5. The van der Waals surface area contributed by atoms with Gasteiger partial charge in [0.15, 0.2) is 6.10 Å². The zero-order valence-electron chi connectivity index (χ0n) is 30.8. The Kier molecular flexibility index (Phi) is 10.3. The third kappa shape index (κ3) is 6.02. The van der Waals surface area contributed by atoms with Crippen LogP contribution in [0, 0.1) is 39.9 Å². The number of aliphatic hydroxyl groups is 2. The van der Waals surface area contributed by atoms with Gasteiger partial charge < -0.3 is 33.6 Å². The van der Waals surface area contributed by atoms with Gasteiger partial charge in [-0.1, -0.05) is 66.2 Å². The third-order valence-corrected chi connectivity index (χ3v) is 12.9. The second kappa shape index (κ2) is 13.6. The van der Waals surface area contributed by atoms with E-state index in [2.05, 4.69) is 19.9 Å². The molecule has 276 valence electrons. The van der Waals surface area contributed by atoms with E-state index in [1.54, 1.807) is 33.3 Å². The number of rotatable bonds is 10. The van der Waals surface area contributed by atoms with E-state index < -0.39 is 94.5 Å². The molecule has 0 aromatic carbocycles. The number of esters is 4. The summed E-state index contributed by atoms with van der Waals surface area (Å²) < 4.78 is 29.9. The fourth-order valence-corrected chi connectivity index (χ4v) is 9.87. The summed E-state index contributed by atoms with van der Waals surface area (Å²) in [4.78, 5) is 52.9. The summed E-state index contributed by atoms with van der Waals surface area (Å²) in [5.41, 5.74) is -2.02. The van der Waals surface area contributed by atoms with E-state index in [9.17, 15) is 29.4 Å². The number of furan rings is 1. The monoisotopic (exact) mass is 698 g/mol. The molecule has 2 saturated carbocycles. The van der Waals surface area contributed by atoms with Gasteiger partial charge in [0.2, 0.25) is 6.10 Å². The van der Waals surface area contributed by atoms with Crippen molar-refractivity contribution < 1.29 is 52.8 Å². The first-order valence-corrected chi connectivity index (χ1v) is 17.9. The molecule has 1 aromatic rings. The maximum absolute atomic E-state index is 14.1. The van der Waals surface area contributed by atoms with Crippen molar-refractivity contribution in [3.05, 3.63) is 48.0 Å². The molecule has 2 heterocycles. The van der Waals surface area contributed by atoms with Crippen LogP contribution in [-0.4, -0.2) is 70.7 Å². The van der Waals surface area contributed by atoms with Gasteiger partial charge in [-0.15, -0.1) is 0 Å². The molecule has 0 saturated heterocycles. The molecule has 2 N–H and O–H groups in total. The molecule has 5 rings (SSSR count). The van der Waals surface area contributed by atoms with Crippen LogP contribution in [0.25, 0.3) is 0 Å². The van der Waals surface area contributed by atoms with Crippen LogP contribution in [0.5, 0.6) is 0 Å². The lowest BCUT2D eigenvalue weighted by Crippen LogP contribution is -2.67. The Bertz CT molecular complexity index is 1530. The minimum Gasteiger partial charge on any atom is -0.472 e. The van der Waals surface area contributed by atoms with E-state index in [0.29, 0.717) is 12.8 Å². The van der Waals surface area contributed by atoms with Crippen molar-refractivity contribution in [1.29, 1.82) is 0 Å². The molecule has 0 spiro atoms. The molecular weight excluding hydrogens is 644 g/mol. The van der Waals surface area contributed by atoms with E-state index in [-0.39, 0.29) is 24.7 Å². The zero-order valence-corrected chi connectivity index (χ0v) is 30.8. The fourth-order valence-electron chi connectivity index (χ4n) is 9.87. The normalized spacial score (nSPS) is 38.0. The first-order valence-electron chi connectivity index (χ1n) is 17.9. The van der Waals surface area contributed by atoms with Crippen LogP contribution in [0.4, 0.5) is 0 Å². The summed E-state index contributed by atoms with van der Waals surface area (Å²) in [7, 11) is 0. The average Bonchev–Trinajstić information content (AvgIpc) is 3.70. The van der Waals surface area contributed by atoms with Crippen molar-refractivity contribution in [3.63, 3.8) is 0 Å². The predicted octanol–water partition coefficient (Wildman–Crippen LogP) is 5.43. The molecule has 12 unspecified atom stereocenters. The summed E-state index contributed by atoms with van der Waals surface area (Å²) >= 11 is 0. The Hall–Kier alpha value is -3.44. The highest BCUT2D eigenvalue weighted by Crippen LogP contribution is 2.72. The van der Waals surface area contributed by atoms with Crippen LogP contribution in [0.2, 0.25) is 0 Å². The number of allylic oxidation sites excluding steroid dienone is 2. The Morgan fingerprint density at radius 1 is 1.00 bits per heavy atom. The molecule has 11 nitrogen and oxygen atoms in total. The number of cyclic esters (lactones) is 1. The van der Waals surface area contributed by atoms with E-state index in [0.717, 1.165) is 11.1 Å². The quantitative estimate of drug-likeness (QED) is 0.182. The number of carbonyl (C=O) groups excluding carboxylic acids is 4. The van der Waals surface area contributed by atoms with Gasteiger partial charge in [-0.3, -0.25) is 4.79 Å². The average molecular weight is 699 g/mol. The largest absolute Gasteiger partial charge is 0.472 e. The minimum absolute atomic E-state index is 0.178. The molecule has 4 aliphatic rings. The van der Waals surface area contributed by atoms with E-state index >= 15 is 0 Å². The van der Waals surface area contributed by atoms with Crippen molar-refractivity contribution in [1.82, 2.24) is 0 Å².